The first-order chi connectivity index (χ1) is 18.2. The van der Waals surface area contributed by atoms with Crippen LogP contribution in [0.25, 0.3) is 0 Å². The van der Waals surface area contributed by atoms with Gasteiger partial charge in [-0.25, -0.2) is 8.42 Å². The number of methoxy groups -OCH3 is 2. The average Bonchev–Trinajstić information content (AvgIpc) is 2.94. The third-order valence-corrected chi connectivity index (χ3v) is 7.74. The Morgan fingerprint density at radius 1 is 0.921 bits per heavy atom. The maximum Gasteiger partial charge on any atom is 0.264 e. The van der Waals surface area contributed by atoms with Gasteiger partial charge in [0.1, 0.15) is 24.1 Å². The summed E-state index contributed by atoms with van der Waals surface area (Å²) in [5.74, 6) is -0.0192. The Balaban J connectivity index is 2.06. The molecule has 0 aliphatic heterocycles. The minimum absolute atomic E-state index is 0.0230. The number of ether oxygens (including phenoxy) is 2. The van der Waals surface area contributed by atoms with E-state index in [1.807, 2.05) is 6.07 Å². The molecule has 0 bridgehead atoms. The van der Waals surface area contributed by atoms with Crippen LogP contribution in [0.2, 0.25) is 0 Å². The number of carbonyl (C=O) groups excluding carboxylic acids is 2. The summed E-state index contributed by atoms with van der Waals surface area (Å²) in [4.78, 5) is 28.1. The van der Waals surface area contributed by atoms with E-state index in [9.17, 15) is 18.0 Å². The van der Waals surface area contributed by atoms with Gasteiger partial charge in [-0.1, -0.05) is 42.5 Å². The maximum absolute atomic E-state index is 13.9. The molecule has 0 fully saturated rings. The standard InChI is InChI=1S/C28H33N3O6S/c1-5-29-28(33)21(2)30(19-22-12-11-13-23(18-22)36-3)27(32)20-31(25-16-9-10-17-26(25)37-4)38(34,35)24-14-7-6-8-15-24/h6-18,21H,5,19-20H2,1-4H3,(H,29,33)/t21-/m1/s1. The lowest BCUT2D eigenvalue weighted by molar-refractivity contribution is -0.139. The molecular formula is C28H33N3O6S. The Labute approximate surface area is 224 Å². The number of para-hydroxylation sites is 2. The van der Waals surface area contributed by atoms with Gasteiger partial charge in [0.15, 0.2) is 0 Å². The summed E-state index contributed by atoms with van der Waals surface area (Å²) in [6.45, 7) is 3.31. The van der Waals surface area contributed by atoms with Gasteiger partial charge in [0.2, 0.25) is 11.8 Å². The predicted octanol–water partition coefficient (Wildman–Crippen LogP) is 3.45. The molecule has 0 saturated heterocycles. The monoisotopic (exact) mass is 539 g/mol. The molecule has 1 N–H and O–H groups in total. The van der Waals surface area contributed by atoms with E-state index in [1.54, 1.807) is 81.6 Å². The van der Waals surface area contributed by atoms with Gasteiger partial charge in [-0.15, -0.1) is 0 Å². The van der Waals surface area contributed by atoms with Gasteiger partial charge in [0, 0.05) is 13.1 Å². The van der Waals surface area contributed by atoms with Crippen LogP contribution in [-0.2, 0) is 26.2 Å². The largest absolute Gasteiger partial charge is 0.497 e. The number of nitrogens with zero attached hydrogens (tertiary/aromatic N) is 2. The highest BCUT2D eigenvalue weighted by molar-refractivity contribution is 7.92. The lowest BCUT2D eigenvalue weighted by atomic mass is 10.1. The van der Waals surface area contributed by atoms with Crippen molar-refractivity contribution in [2.75, 3.05) is 31.6 Å². The van der Waals surface area contributed by atoms with Crippen LogP contribution >= 0.6 is 0 Å². The molecule has 0 aromatic heterocycles. The van der Waals surface area contributed by atoms with Crippen molar-refractivity contribution in [2.45, 2.75) is 31.3 Å². The molecule has 0 aliphatic rings. The van der Waals surface area contributed by atoms with Gasteiger partial charge in [0.25, 0.3) is 10.0 Å². The van der Waals surface area contributed by atoms with Gasteiger partial charge in [-0.2, -0.15) is 0 Å². The van der Waals surface area contributed by atoms with E-state index in [-0.39, 0.29) is 28.8 Å². The fourth-order valence-electron chi connectivity index (χ4n) is 3.94. The summed E-state index contributed by atoms with van der Waals surface area (Å²) < 4.78 is 39.4. The number of hydrogen-bond acceptors (Lipinski definition) is 6. The van der Waals surface area contributed by atoms with Gasteiger partial charge < -0.3 is 19.7 Å². The summed E-state index contributed by atoms with van der Waals surface area (Å²) in [6.07, 6.45) is 0. The molecule has 202 valence electrons. The van der Waals surface area contributed by atoms with Crippen LogP contribution in [-0.4, -0.2) is 58.5 Å². The highest BCUT2D eigenvalue weighted by Crippen LogP contribution is 2.32. The molecular weight excluding hydrogens is 506 g/mol. The zero-order chi connectivity index (χ0) is 27.7. The van der Waals surface area contributed by atoms with Gasteiger partial charge in [0.05, 0.1) is 24.8 Å². The van der Waals surface area contributed by atoms with E-state index in [1.165, 1.54) is 24.1 Å². The first-order valence-electron chi connectivity index (χ1n) is 12.1. The van der Waals surface area contributed by atoms with E-state index in [0.717, 1.165) is 9.87 Å². The molecule has 3 aromatic rings. The normalized spacial score (nSPS) is 11.8. The maximum atomic E-state index is 13.9. The van der Waals surface area contributed by atoms with E-state index in [0.29, 0.717) is 12.3 Å². The zero-order valence-electron chi connectivity index (χ0n) is 22.0. The van der Waals surface area contributed by atoms with E-state index in [4.69, 9.17) is 9.47 Å². The minimum atomic E-state index is -4.17. The number of carbonyl (C=O) groups is 2. The molecule has 0 aliphatic carbocycles. The summed E-state index contributed by atoms with van der Waals surface area (Å²) in [7, 11) is -1.20. The van der Waals surface area contributed by atoms with Crippen LogP contribution in [0.3, 0.4) is 0 Å². The second-order valence-electron chi connectivity index (χ2n) is 8.44. The molecule has 0 heterocycles. The van der Waals surface area contributed by atoms with Crippen molar-refractivity contribution in [1.82, 2.24) is 10.2 Å². The second kappa shape index (κ2) is 13.0. The summed E-state index contributed by atoms with van der Waals surface area (Å²) in [5.41, 5.74) is 0.933. The number of nitrogens with one attached hydrogen (secondary N) is 1. The molecule has 38 heavy (non-hydrogen) atoms. The quantitative estimate of drug-likeness (QED) is 0.378. The summed E-state index contributed by atoms with van der Waals surface area (Å²) >= 11 is 0. The number of rotatable bonds is 12. The molecule has 10 heteroatoms. The van der Waals surface area contributed by atoms with Crippen LogP contribution in [0.4, 0.5) is 5.69 Å². The molecule has 0 radical (unpaired) electrons. The molecule has 9 nitrogen and oxygen atoms in total. The van der Waals surface area contributed by atoms with Crippen molar-refractivity contribution < 1.29 is 27.5 Å². The molecule has 0 saturated carbocycles. The van der Waals surface area contributed by atoms with Crippen molar-refractivity contribution in [2.24, 2.45) is 0 Å². The molecule has 3 aromatic carbocycles. The number of hydrogen-bond donors (Lipinski definition) is 1. The van der Waals surface area contributed by atoms with Crippen LogP contribution in [0.1, 0.15) is 19.4 Å². The van der Waals surface area contributed by atoms with Crippen molar-refractivity contribution in [3.05, 3.63) is 84.4 Å². The number of anilines is 1. The van der Waals surface area contributed by atoms with Gasteiger partial charge in [-0.05, 0) is 55.8 Å². The van der Waals surface area contributed by atoms with Crippen LogP contribution in [0, 0.1) is 0 Å². The van der Waals surface area contributed by atoms with Gasteiger partial charge in [-0.3, -0.25) is 13.9 Å². The molecule has 2 amide bonds. The second-order valence-corrected chi connectivity index (χ2v) is 10.3. The first-order valence-corrected chi connectivity index (χ1v) is 13.6. The Bertz CT molecular complexity index is 1350. The summed E-state index contributed by atoms with van der Waals surface area (Å²) in [6, 6.07) is 20.7. The Hall–Kier alpha value is -4.05. The minimum Gasteiger partial charge on any atom is -0.497 e. The van der Waals surface area contributed by atoms with E-state index < -0.39 is 28.5 Å². The van der Waals surface area contributed by atoms with Crippen molar-refractivity contribution in [3.8, 4) is 11.5 Å². The SMILES string of the molecule is CCNC(=O)[C@@H](C)N(Cc1cccc(OC)c1)C(=O)CN(c1ccccc1OC)S(=O)(=O)c1ccccc1. The van der Waals surface area contributed by atoms with E-state index >= 15 is 0 Å². The fraction of sp³-hybridized carbons (Fsp3) is 0.286. The van der Waals surface area contributed by atoms with Gasteiger partial charge >= 0.3 is 0 Å². The highest BCUT2D eigenvalue weighted by Gasteiger charge is 2.33. The molecule has 3 rings (SSSR count). The number of benzene rings is 3. The lowest BCUT2D eigenvalue weighted by Gasteiger charge is -2.32. The highest BCUT2D eigenvalue weighted by atomic mass is 32.2. The first kappa shape index (κ1) is 28.5. The zero-order valence-corrected chi connectivity index (χ0v) is 22.8. The third-order valence-electron chi connectivity index (χ3n) is 5.97. The number of amides is 2. The number of sulfonamides is 1. The third kappa shape index (κ3) is 6.63. The predicted molar refractivity (Wildman–Crippen MR) is 146 cm³/mol. The smallest absolute Gasteiger partial charge is 0.264 e. The number of likely N-dealkylation sites (N-methyl/N-ethyl adjacent to an activating group) is 1. The molecule has 0 unspecified atom stereocenters. The van der Waals surface area contributed by atoms with E-state index in [2.05, 4.69) is 5.32 Å². The van der Waals surface area contributed by atoms with Crippen molar-refractivity contribution >= 4 is 27.5 Å². The Morgan fingerprint density at radius 3 is 2.26 bits per heavy atom. The van der Waals surface area contributed by atoms with Crippen molar-refractivity contribution in [1.29, 1.82) is 0 Å². The molecule has 0 spiro atoms. The Morgan fingerprint density at radius 2 is 1.61 bits per heavy atom. The van der Waals surface area contributed by atoms with Crippen LogP contribution in [0.5, 0.6) is 11.5 Å². The lowest BCUT2D eigenvalue weighted by Crippen LogP contribution is -2.51. The average molecular weight is 540 g/mol. The topological polar surface area (TPSA) is 105 Å². The van der Waals surface area contributed by atoms with Crippen LogP contribution < -0.4 is 19.1 Å². The summed E-state index contributed by atoms with van der Waals surface area (Å²) in [5, 5.41) is 2.74. The molecule has 1 atom stereocenters. The fourth-order valence-corrected chi connectivity index (χ4v) is 5.39. The van der Waals surface area contributed by atoms with Crippen molar-refractivity contribution in [3.63, 3.8) is 0 Å². The Kier molecular flexibility index (Phi) is 9.72. The van der Waals surface area contributed by atoms with Crippen LogP contribution in [0.15, 0.2) is 83.8 Å².